The third-order valence-corrected chi connectivity index (χ3v) is 3.95. The smallest absolute Gasteiger partial charge is 0.255 e. The van der Waals surface area contributed by atoms with Gasteiger partial charge in [-0.3, -0.25) is 4.79 Å². The Labute approximate surface area is 126 Å². The van der Waals surface area contributed by atoms with Crippen LogP contribution in [0.4, 0.5) is 5.82 Å². The molecule has 2 N–H and O–H groups in total. The highest BCUT2D eigenvalue weighted by Crippen LogP contribution is 2.23. The van der Waals surface area contributed by atoms with E-state index in [2.05, 4.69) is 15.2 Å². The summed E-state index contributed by atoms with van der Waals surface area (Å²) < 4.78 is 0. The molecule has 1 fully saturated rings. The Balaban J connectivity index is 2.05. The molecule has 0 aliphatic carbocycles. The summed E-state index contributed by atoms with van der Waals surface area (Å²) in [5.41, 5.74) is 0.527. The molecule has 1 aliphatic rings. The van der Waals surface area contributed by atoms with Crippen molar-refractivity contribution in [2.75, 3.05) is 31.1 Å². The zero-order chi connectivity index (χ0) is 15.3. The van der Waals surface area contributed by atoms with Crippen molar-refractivity contribution in [3.63, 3.8) is 0 Å². The van der Waals surface area contributed by atoms with E-state index in [1.54, 1.807) is 12.3 Å². The van der Waals surface area contributed by atoms with Crippen LogP contribution in [0.25, 0.3) is 0 Å². The number of aliphatic hydroxyl groups is 1. The molecule has 0 bridgehead atoms. The molecule has 1 aromatic heterocycles. The molecular formula is C16H25N3O2. The van der Waals surface area contributed by atoms with Gasteiger partial charge in [0.15, 0.2) is 0 Å². The van der Waals surface area contributed by atoms with E-state index in [0.29, 0.717) is 18.5 Å². The molecule has 0 saturated carbocycles. The minimum Gasteiger partial charge on any atom is -0.396 e. The molecule has 0 unspecified atom stereocenters. The molecule has 1 amide bonds. The highest BCUT2D eigenvalue weighted by Gasteiger charge is 2.23. The first-order valence-electron chi connectivity index (χ1n) is 7.62. The van der Waals surface area contributed by atoms with Gasteiger partial charge in [0, 0.05) is 32.4 Å². The normalized spacial score (nSPS) is 15.3. The van der Waals surface area contributed by atoms with Crippen molar-refractivity contribution in [2.45, 2.75) is 33.1 Å². The van der Waals surface area contributed by atoms with Crippen LogP contribution in [0.2, 0.25) is 0 Å². The van der Waals surface area contributed by atoms with Crippen LogP contribution in [0.3, 0.4) is 0 Å². The monoisotopic (exact) mass is 291 g/mol. The van der Waals surface area contributed by atoms with Gasteiger partial charge in [-0.15, -0.1) is 0 Å². The third kappa shape index (κ3) is 4.17. The minimum atomic E-state index is -0.111. The Hall–Kier alpha value is -1.62. The summed E-state index contributed by atoms with van der Waals surface area (Å²) in [6.45, 7) is 6.68. The molecule has 0 radical (unpaired) electrons. The van der Waals surface area contributed by atoms with Crippen molar-refractivity contribution in [2.24, 2.45) is 5.41 Å². The predicted molar refractivity (Wildman–Crippen MR) is 83.5 cm³/mol. The number of hydrogen-bond donors (Lipinski definition) is 2. The van der Waals surface area contributed by atoms with E-state index >= 15 is 0 Å². The van der Waals surface area contributed by atoms with Crippen LogP contribution < -0.4 is 10.2 Å². The van der Waals surface area contributed by atoms with Crippen LogP contribution in [-0.4, -0.2) is 42.2 Å². The van der Waals surface area contributed by atoms with Gasteiger partial charge in [0.05, 0.1) is 5.56 Å². The molecule has 0 spiro atoms. The van der Waals surface area contributed by atoms with Crippen LogP contribution in [0, 0.1) is 5.41 Å². The average Bonchev–Trinajstić information content (AvgIpc) is 2.99. The summed E-state index contributed by atoms with van der Waals surface area (Å²) in [5, 5.41) is 12.0. The lowest BCUT2D eigenvalue weighted by Crippen LogP contribution is -2.35. The second-order valence-corrected chi connectivity index (χ2v) is 6.39. The van der Waals surface area contributed by atoms with Gasteiger partial charge in [-0.1, -0.05) is 13.8 Å². The number of aliphatic hydroxyl groups excluding tert-OH is 1. The fourth-order valence-electron chi connectivity index (χ4n) is 2.56. The Morgan fingerprint density at radius 3 is 2.81 bits per heavy atom. The first-order valence-corrected chi connectivity index (χ1v) is 7.62. The number of pyridine rings is 1. The zero-order valence-electron chi connectivity index (χ0n) is 12.9. The summed E-state index contributed by atoms with van der Waals surface area (Å²) in [6.07, 6.45) is 4.71. The van der Waals surface area contributed by atoms with Gasteiger partial charge < -0.3 is 15.3 Å². The molecular weight excluding hydrogens is 266 g/mol. The lowest BCUT2D eigenvalue weighted by molar-refractivity contribution is 0.0928. The Kier molecular flexibility index (Phi) is 5.17. The molecule has 2 heterocycles. The van der Waals surface area contributed by atoms with E-state index in [1.807, 2.05) is 19.9 Å². The topological polar surface area (TPSA) is 65.5 Å². The predicted octanol–water partition coefficient (Wildman–Crippen LogP) is 1.82. The molecule has 2 rings (SSSR count). The van der Waals surface area contributed by atoms with Gasteiger partial charge in [0.25, 0.3) is 5.91 Å². The summed E-state index contributed by atoms with van der Waals surface area (Å²) >= 11 is 0. The number of amides is 1. The molecule has 1 aromatic rings. The SMILES string of the molecule is CC(C)(CCO)CNC(=O)c1cccnc1N1CCCC1. The van der Waals surface area contributed by atoms with Gasteiger partial charge >= 0.3 is 0 Å². The lowest BCUT2D eigenvalue weighted by atomic mass is 9.89. The molecule has 116 valence electrons. The second-order valence-electron chi connectivity index (χ2n) is 6.39. The number of carbonyl (C=O) groups excluding carboxylic acids is 1. The largest absolute Gasteiger partial charge is 0.396 e. The Bertz CT molecular complexity index is 482. The van der Waals surface area contributed by atoms with Crippen LogP contribution in [0.5, 0.6) is 0 Å². The maximum absolute atomic E-state index is 12.4. The molecule has 0 atom stereocenters. The number of nitrogens with zero attached hydrogens (tertiary/aromatic N) is 2. The summed E-state index contributed by atoms with van der Waals surface area (Å²) in [4.78, 5) is 19.0. The molecule has 5 nitrogen and oxygen atoms in total. The first kappa shape index (κ1) is 15.8. The maximum atomic E-state index is 12.4. The van der Waals surface area contributed by atoms with Crippen molar-refractivity contribution >= 4 is 11.7 Å². The van der Waals surface area contributed by atoms with E-state index in [9.17, 15) is 4.79 Å². The van der Waals surface area contributed by atoms with Crippen molar-refractivity contribution in [3.8, 4) is 0 Å². The number of carbonyl (C=O) groups is 1. The van der Waals surface area contributed by atoms with Crippen molar-refractivity contribution in [1.82, 2.24) is 10.3 Å². The first-order chi connectivity index (χ1) is 10.0. The number of aromatic nitrogens is 1. The van der Waals surface area contributed by atoms with E-state index in [1.165, 1.54) is 0 Å². The number of nitrogens with one attached hydrogen (secondary N) is 1. The summed E-state index contributed by atoms with van der Waals surface area (Å²) in [6, 6.07) is 3.63. The highest BCUT2D eigenvalue weighted by molar-refractivity contribution is 5.98. The second kappa shape index (κ2) is 6.89. The minimum absolute atomic E-state index is 0.0870. The zero-order valence-corrected chi connectivity index (χ0v) is 12.9. The number of hydrogen-bond acceptors (Lipinski definition) is 4. The Morgan fingerprint density at radius 1 is 1.43 bits per heavy atom. The van der Waals surface area contributed by atoms with Crippen molar-refractivity contribution in [1.29, 1.82) is 0 Å². The molecule has 1 saturated heterocycles. The fourth-order valence-corrected chi connectivity index (χ4v) is 2.56. The van der Waals surface area contributed by atoms with Crippen LogP contribution in [0.15, 0.2) is 18.3 Å². The van der Waals surface area contributed by atoms with Gasteiger partial charge in [0.1, 0.15) is 5.82 Å². The van der Waals surface area contributed by atoms with E-state index in [0.717, 1.165) is 31.7 Å². The third-order valence-electron chi connectivity index (χ3n) is 3.95. The van der Waals surface area contributed by atoms with E-state index in [4.69, 9.17) is 5.11 Å². The fraction of sp³-hybridized carbons (Fsp3) is 0.625. The summed E-state index contributed by atoms with van der Waals surface area (Å²) in [5.74, 6) is 0.698. The standard InChI is InChI=1S/C16H25N3O2/c1-16(2,7-11-20)12-18-15(21)13-6-5-8-17-14(13)19-9-3-4-10-19/h5-6,8,20H,3-4,7,9-12H2,1-2H3,(H,18,21). The number of rotatable bonds is 6. The van der Waals surface area contributed by atoms with Gasteiger partial charge in [-0.05, 0) is 36.8 Å². The highest BCUT2D eigenvalue weighted by atomic mass is 16.3. The lowest BCUT2D eigenvalue weighted by Gasteiger charge is -2.25. The van der Waals surface area contributed by atoms with E-state index in [-0.39, 0.29) is 17.9 Å². The van der Waals surface area contributed by atoms with Crippen LogP contribution >= 0.6 is 0 Å². The van der Waals surface area contributed by atoms with Gasteiger partial charge in [-0.2, -0.15) is 0 Å². The van der Waals surface area contributed by atoms with Crippen molar-refractivity contribution in [3.05, 3.63) is 23.9 Å². The van der Waals surface area contributed by atoms with Crippen LogP contribution in [-0.2, 0) is 0 Å². The molecule has 1 aliphatic heterocycles. The van der Waals surface area contributed by atoms with Crippen molar-refractivity contribution < 1.29 is 9.90 Å². The van der Waals surface area contributed by atoms with Gasteiger partial charge in [-0.25, -0.2) is 4.98 Å². The Morgan fingerprint density at radius 2 is 2.14 bits per heavy atom. The average molecular weight is 291 g/mol. The maximum Gasteiger partial charge on any atom is 0.255 e. The quantitative estimate of drug-likeness (QED) is 0.839. The van der Waals surface area contributed by atoms with Gasteiger partial charge in [0.2, 0.25) is 0 Å². The number of anilines is 1. The summed E-state index contributed by atoms with van der Waals surface area (Å²) in [7, 11) is 0. The molecule has 21 heavy (non-hydrogen) atoms. The molecule has 0 aromatic carbocycles. The van der Waals surface area contributed by atoms with E-state index < -0.39 is 0 Å². The van der Waals surface area contributed by atoms with Crippen LogP contribution in [0.1, 0.15) is 43.5 Å². The molecule has 5 heteroatoms.